The maximum absolute atomic E-state index is 5.51. The monoisotopic (exact) mass is 250 g/mol. The molecule has 0 radical (unpaired) electrons. The number of hydrogen-bond donors (Lipinski definition) is 0. The molecule has 1 aromatic rings. The lowest BCUT2D eigenvalue weighted by Gasteiger charge is -2.22. The fraction of sp³-hybridized carbons (Fsp3) is 0.800. The first-order valence-corrected chi connectivity index (χ1v) is 6.88. The molecule has 1 fully saturated rings. The van der Waals surface area contributed by atoms with Crippen molar-refractivity contribution < 1.29 is 4.74 Å². The molecule has 3 nitrogen and oxygen atoms in total. The third-order valence-corrected chi connectivity index (χ3v) is 3.52. The van der Waals surface area contributed by atoms with Crippen molar-refractivity contribution in [2.24, 2.45) is 0 Å². The highest BCUT2D eigenvalue weighted by atomic mass is 16.5. The molecule has 0 amide bonds. The predicted octanol–water partition coefficient (Wildman–Crippen LogP) is 3.44. The quantitative estimate of drug-likeness (QED) is 0.763. The van der Waals surface area contributed by atoms with Crippen molar-refractivity contribution >= 4 is 0 Å². The van der Waals surface area contributed by atoms with E-state index in [1.807, 2.05) is 0 Å². The van der Waals surface area contributed by atoms with Crippen LogP contribution in [0, 0.1) is 0 Å². The third-order valence-electron chi connectivity index (χ3n) is 3.52. The smallest absolute Gasteiger partial charge is 0.0778 e. The number of rotatable bonds is 1. The second kappa shape index (κ2) is 4.37. The lowest BCUT2D eigenvalue weighted by molar-refractivity contribution is 0.183. The van der Waals surface area contributed by atoms with Gasteiger partial charge in [0.05, 0.1) is 18.3 Å². The second-order valence-corrected chi connectivity index (χ2v) is 7.38. The van der Waals surface area contributed by atoms with E-state index in [2.05, 4.69) is 52.3 Å². The van der Waals surface area contributed by atoms with Gasteiger partial charge >= 0.3 is 0 Å². The summed E-state index contributed by atoms with van der Waals surface area (Å²) in [5, 5.41) is 4.87. The van der Waals surface area contributed by atoms with Crippen molar-refractivity contribution in [3.63, 3.8) is 0 Å². The maximum Gasteiger partial charge on any atom is 0.0778 e. The first-order chi connectivity index (χ1) is 8.19. The van der Waals surface area contributed by atoms with Crippen LogP contribution in [0.15, 0.2) is 6.07 Å². The Bertz CT molecular complexity index is 415. The maximum atomic E-state index is 5.51. The van der Waals surface area contributed by atoms with Crippen LogP contribution in [0.3, 0.4) is 0 Å². The molecule has 1 atom stereocenters. The molecule has 18 heavy (non-hydrogen) atoms. The fourth-order valence-electron chi connectivity index (χ4n) is 2.31. The van der Waals surface area contributed by atoms with Gasteiger partial charge in [-0.2, -0.15) is 5.10 Å². The van der Waals surface area contributed by atoms with E-state index in [1.54, 1.807) is 0 Å². The minimum Gasteiger partial charge on any atom is -0.379 e. The lowest BCUT2D eigenvalue weighted by Crippen LogP contribution is -2.22. The van der Waals surface area contributed by atoms with Crippen molar-refractivity contribution in [2.75, 3.05) is 13.2 Å². The van der Waals surface area contributed by atoms with Crippen molar-refractivity contribution in [2.45, 2.75) is 64.8 Å². The molecule has 0 spiro atoms. The highest BCUT2D eigenvalue weighted by Gasteiger charge is 2.30. The van der Waals surface area contributed by atoms with Gasteiger partial charge in [-0.15, -0.1) is 0 Å². The van der Waals surface area contributed by atoms with E-state index < -0.39 is 0 Å². The predicted molar refractivity (Wildman–Crippen MR) is 74.1 cm³/mol. The van der Waals surface area contributed by atoms with Gasteiger partial charge in [0.25, 0.3) is 0 Å². The van der Waals surface area contributed by atoms with E-state index in [0.29, 0.717) is 6.04 Å². The summed E-state index contributed by atoms with van der Waals surface area (Å²) in [5.74, 6) is 0. The molecule has 1 aromatic heterocycles. The number of ether oxygens (including phenoxy) is 1. The van der Waals surface area contributed by atoms with E-state index in [4.69, 9.17) is 9.84 Å². The Labute approximate surface area is 111 Å². The van der Waals surface area contributed by atoms with Gasteiger partial charge in [-0.25, -0.2) is 0 Å². The zero-order valence-electron chi connectivity index (χ0n) is 12.6. The van der Waals surface area contributed by atoms with Gasteiger partial charge in [-0.1, -0.05) is 41.5 Å². The van der Waals surface area contributed by atoms with E-state index in [1.165, 1.54) is 11.4 Å². The number of aromatic nitrogens is 2. The van der Waals surface area contributed by atoms with Crippen LogP contribution >= 0.6 is 0 Å². The topological polar surface area (TPSA) is 27.1 Å². The van der Waals surface area contributed by atoms with Crippen molar-refractivity contribution in [1.29, 1.82) is 0 Å². The number of nitrogens with zero attached hydrogens (tertiary/aromatic N) is 2. The Morgan fingerprint density at radius 3 is 2.28 bits per heavy atom. The average Bonchev–Trinajstić information content (AvgIpc) is 2.84. The molecule has 1 aliphatic heterocycles. The molecule has 0 N–H and O–H groups in total. The second-order valence-electron chi connectivity index (χ2n) is 7.38. The van der Waals surface area contributed by atoms with Gasteiger partial charge in [-0.3, -0.25) is 4.68 Å². The highest BCUT2D eigenvalue weighted by molar-refractivity contribution is 5.23. The molecular formula is C15H26N2O. The molecular weight excluding hydrogens is 224 g/mol. The molecule has 1 unspecified atom stereocenters. The largest absolute Gasteiger partial charge is 0.379 e. The summed E-state index contributed by atoms with van der Waals surface area (Å²) in [6.07, 6.45) is 1.08. The van der Waals surface area contributed by atoms with Crippen LogP contribution in [0.25, 0.3) is 0 Å². The summed E-state index contributed by atoms with van der Waals surface area (Å²) in [7, 11) is 0. The molecule has 3 heteroatoms. The van der Waals surface area contributed by atoms with Gasteiger partial charge in [0.2, 0.25) is 0 Å². The Hall–Kier alpha value is -0.830. The minimum atomic E-state index is 0.102. The van der Waals surface area contributed by atoms with Crippen molar-refractivity contribution in [3.8, 4) is 0 Å². The van der Waals surface area contributed by atoms with Crippen LogP contribution in [-0.4, -0.2) is 23.0 Å². The Kier molecular flexibility index (Phi) is 3.30. The summed E-state index contributed by atoms with van der Waals surface area (Å²) in [5.41, 5.74) is 2.73. The van der Waals surface area contributed by atoms with Gasteiger partial charge in [0.15, 0.2) is 0 Å². The van der Waals surface area contributed by atoms with Gasteiger partial charge in [0.1, 0.15) is 0 Å². The first-order valence-electron chi connectivity index (χ1n) is 6.88. The summed E-state index contributed by atoms with van der Waals surface area (Å²) >= 11 is 0. The number of hydrogen-bond acceptors (Lipinski definition) is 2. The van der Waals surface area contributed by atoms with Gasteiger partial charge < -0.3 is 4.74 Å². The SMILES string of the molecule is CC(C)(C)c1cc(C(C)(C)C)n(C2CCOC2)n1. The van der Waals surface area contributed by atoms with Crippen LogP contribution in [0.2, 0.25) is 0 Å². The molecule has 0 aromatic carbocycles. The first kappa shape index (κ1) is 13.6. The summed E-state index contributed by atoms with van der Waals surface area (Å²) < 4.78 is 7.73. The van der Waals surface area contributed by atoms with Gasteiger partial charge in [-0.05, 0) is 12.5 Å². The summed E-state index contributed by atoms with van der Waals surface area (Å²) in [6, 6.07) is 2.69. The van der Waals surface area contributed by atoms with Crippen LogP contribution in [0.1, 0.15) is 65.4 Å². The average molecular weight is 250 g/mol. The molecule has 102 valence electrons. The summed E-state index contributed by atoms with van der Waals surface area (Å²) in [4.78, 5) is 0. The van der Waals surface area contributed by atoms with Crippen molar-refractivity contribution in [3.05, 3.63) is 17.5 Å². The third kappa shape index (κ3) is 2.61. The highest BCUT2D eigenvalue weighted by Crippen LogP contribution is 2.32. The normalized spacial score (nSPS) is 21.6. The van der Waals surface area contributed by atoms with Crippen LogP contribution in [0.5, 0.6) is 0 Å². The van der Waals surface area contributed by atoms with E-state index in [9.17, 15) is 0 Å². The summed E-state index contributed by atoms with van der Waals surface area (Å²) in [6.45, 7) is 15.1. The van der Waals surface area contributed by atoms with Crippen molar-refractivity contribution in [1.82, 2.24) is 9.78 Å². The van der Waals surface area contributed by atoms with Crippen LogP contribution < -0.4 is 0 Å². The molecule has 0 saturated carbocycles. The molecule has 1 aliphatic rings. The fourth-order valence-corrected chi connectivity index (χ4v) is 2.31. The molecule has 0 bridgehead atoms. The van der Waals surface area contributed by atoms with E-state index >= 15 is 0 Å². The molecule has 2 rings (SSSR count). The van der Waals surface area contributed by atoms with Crippen LogP contribution in [0.4, 0.5) is 0 Å². The standard InChI is InChI=1S/C15H26N2O/c1-14(2,3)12-9-13(15(4,5)6)17(16-12)11-7-8-18-10-11/h9,11H,7-8,10H2,1-6H3. The molecule has 0 aliphatic carbocycles. The zero-order chi connectivity index (χ0) is 13.6. The molecule has 1 saturated heterocycles. The lowest BCUT2D eigenvalue weighted by atomic mass is 9.87. The molecule has 2 heterocycles. The van der Waals surface area contributed by atoms with E-state index in [-0.39, 0.29) is 10.8 Å². The van der Waals surface area contributed by atoms with E-state index in [0.717, 1.165) is 19.6 Å². The Balaban J connectivity index is 2.45. The van der Waals surface area contributed by atoms with Crippen LogP contribution in [-0.2, 0) is 15.6 Å². The minimum absolute atomic E-state index is 0.102. The van der Waals surface area contributed by atoms with Gasteiger partial charge in [0, 0.05) is 23.1 Å². The Morgan fingerprint density at radius 2 is 1.83 bits per heavy atom. The Morgan fingerprint density at radius 1 is 1.17 bits per heavy atom. The zero-order valence-corrected chi connectivity index (χ0v) is 12.6.